The lowest BCUT2D eigenvalue weighted by Crippen LogP contribution is -2.19. The predicted octanol–water partition coefficient (Wildman–Crippen LogP) is 3.63. The molecular formula is C17H13NO2. The molecule has 0 saturated carbocycles. The Bertz CT molecular complexity index is 781. The quantitative estimate of drug-likeness (QED) is 0.548. The van der Waals surface area contributed by atoms with Gasteiger partial charge in [-0.2, -0.15) is 0 Å². The van der Waals surface area contributed by atoms with E-state index in [2.05, 4.69) is 0 Å². The van der Waals surface area contributed by atoms with Gasteiger partial charge in [0.15, 0.2) is 0 Å². The van der Waals surface area contributed by atoms with E-state index in [-0.39, 0.29) is 0 Å². The Balaban J connectivity index is 2.18. The Labute approximate surface area is 116 Å². The predicted molar refractivity (Wildman–Crippen MR) is 78.6 cm³/mol. The summed E-state index contributed by atoms with van der Waals surface area (Å²) in [6.07, 6.45) is 0. The zero-order chi connectivity index (χ0) is 13.9. The summed E-state index contributed by atoms with van der Waals surface area (Å²) >= 11 is 0. The van der Waals surface area contributed by atoms with E-state index in [0.717, 1.165) is 21.9 Å². The molecule has 0 atom stereocenters. The summed E-state index contributed by atoms with van der Waals surface area (Å²) in [7, 11) is 0. The maximum absolute atomic E-state index is 11.7. The molecule has 0 saturated heterocycles. The number of carbonyl (C=O) groups is 1. The van der Waals surface area contributed by atoms with Crippen molar-refractivity contribution in [2.45, 2.75) is 0 Å². The van der Waals surface area contributed by atoms with Gasteiger partial charge in [-0.05, 0) is 34.0 Å². The van der Waals surface area contributed by atoms with E-state index in [1.54, 1.807) is 17.6 Å². The number of hydrogen-bond acceptors (Lipinski definition) is 2. The second-order valence-corrected chi connectivity index (χ2v) is 4.55. The van der Waals surface area contributed by atoms with Crippen LogP contribution in [0.3, 0.4) is 0 Å². The molecule has 0 aromatic heterocycles. The van der Waals surface area contributed by atoms with Crippen LogP contribution in [-0.4, -0.2) is 11.1 Å². The molecule has 0 radical (unpaired) electrons. The number of amides is 1. The molecule has 2 N–H and O–H groups in total. The van der Waals surface area contributed by atoms with Crippen LogP contribution < -0.4 is 5.48 Å². The summed E-state index contributed by atoms with van der Waals surface area (Å²) in [5.74, 6) is -0.506. The zero-order valence-corrected chi connectivity index (χ0v) is 10.7. The molecule has 20 heavy (non-hydrogen) atoms. The number of fused-ring (bicyclic) bond motifs is 1. The molecule has 0 bridgehead atoms. The first-order valence-electron chi connectivity index (χ1n) is 6.32. The Morgan fingerprint density at radius 2 is 1.55 bits per heavy atom. The molecule has 0 heterocycles. The molecule has 1 amide bonds. The van der Waals surface area contributed by atoms with Crippen molar-refractivity contribution in [1.29, 1.82) is 0 Å². The topological polar surface area (TPSA) is 49.3 Å². The Morgan fingerprint density at radius 3 is 2.35 bits per heavy atom. The van der Waals surface area contributed by atoms with Crippen molar-refractivity contribution in [3.8, 4) is 11.1 Å². The molecule has 3 nitrogen and oxygen atoms in total. The van der Waals surface area contributed by atoms with Crippen LogP contribution in [0.1, 0.15) is 10.4 Å². The highest BCUT2D eigenvalue weighted by Crippen LogP contribution is 2.27. The average Bonchev–Trinajstić information content (AvgIpc) is 2.53. The van der Waals surface area contributed by atoms with E-state index in [9.17, 15) is 4.79 Å². The summed E-state index contributed by atoms with van der Waals surface area (Å²) in [5, 5.41) is 11.1. The van der Waals surface area contributed by atoms with E-state index in [0.29, 0.717) is 5.56 Å². The molecule has 0 spiro atoms. The third-order valence-corrected chi connectivity index (χ3v) is 3.33. The van der Waals surface area contributed by atoms with Crippen LogP contribution >= 0.6 is 0 Å². The minimum atomic E-state index is -0.506. The van der Waals surface area contributed by atoms with E-state index < -0.39 is 5.91 Å². The summed E-state index contributed by atoms with van der Waals surface area (Å²) in [6.45, 7) is 0. The minimum absolute atomic E-state index is 0.449. The fourth-order valence-electron chi connectivity index (χ4n) is 2.35. The summed E-state index contributed by atoms with van der Waals surface area (Å²) in [6, 6.07) is 21.3. The fraction of sp³-hybridized carbons (Fsp3) is 0. The number of nitrogens with one attached hydrogen (secondary N) is 1. The van der Waals surface area contributed by atoms with Crippen LogP contribution in [0, 0.1) is 0 Å². The van der Waals surface area contributed by atoms with Crippen molar-refractivity contribution < 1.29 is 10.0 Å². The minimum Gasteiger partial charge on any atom is -0.288 e. The maximum Gasteiger partial charge on any atom is 0.275 e. The Kier molecular flexibility index (Phi) is 3.19. The van der Waals surface area contributed by atoms with Crippen LogP contribution in [-0.2, 0) is 0 Å². The van der Waals surface area contributed by atoms with Crippen molar-refractivity contribution in [3.05, 3.63) is 72.3 Å². The van der Waals surface area contributed by atoms with Gasteiger partial charge in [0.1, 0.15) is 0 Å². The highest BCUT2D eigenvalue weighted by Gasteiger charge is 2.11. The van der Waals surface area contributed by atoms with E-state index >= 15 is 0 Å². The van der Waals surface area contributed by atoms with Gasteiger partial charge in [0.2, 0.25) is 0 Å². The summed E-state index contributed by atoms with van der Waals surface area (Å²) in [4.78, 5) is 11.7. The summed E-state index contributed by atoms with van der Waals surface area (Å²) in [5.41, 5.74) is 3.88. The lowest BCUT2D eigenvalue weighted by molar-refractivity contribution is 0.0707. The number of rotatable bonds is 2. The van der Waals surface area contributed by atoms with Gasteiger partial charge in [-0.1, -0.05) is 54.6 Å². The van der Waals surface area contributed by atoms with Gasteiger partial charge in [0, 0.05) is 5.56 Å². The Hall–Kier alpha value is -2.65. The SMILES string of the molecule is O=C(NO)c1ccccc1-c1ccc2ccccc2c1. The maximum atomic E-state index is 11.7. The first kappa shape index (κ1) is 12.4. The van der Waals surface area contributed by atoms with Crippen molar-refractivity contribution >= 4 is 16.7 Å². The molecule has 0 unspecified atom stereocenters. The third-order valence-electron chi connectivity index (χ3n) is 3.33. The van der Waals surface area contributed by atoms with Crippen molar-refractivity contribution in [2.24, 2.45) is 0 Å². The summed E-state index contributed by atoms with van der Waals surface area (Å²) < 4.78 is 0. The highest BCUT2D eigenvalue weighted by molar-refractivity contribution is 6.01. The molecule has 0 aliphatic carbocycles. The first-order valence-corrected chi connectivity index (χ1v) is 6.32. The van der Waals surface area contributed by atoms with Gasteiger partial charge in [-0.3, -0.25) is 10.0 Å². The van der Waals surface area contributed by atoms with Crippen LogP contribution in [0.2, 0.25) is 0 Å². The van der Waals surface area contributed by atoms with Crippen molar-refractivity contribution in [3.63, 3.8) is 0 Å². The molecule has 3 heteroatoms. The molecule has 0 aliphatic heterocycles. The van der Waals surface area contributed by atoms with Gasteiger partial charge in [-0.25, -0.2) is 5.48 Å². The molecule has 3 rings (SSSR count). The third kappa shape index (κ3) is 2.15. The molecule has 3 aromatic rings. The molecule has 0 aliphatic rings. The van der Waals surface area contributed by atoms with Gasteiger partial charge < -0.3 is 0 Å². The van der Waals surface area contributed by atoms with E-state index in [1.807, 2.05) is 54.6 Å². The first-order chi connectivity index (χ1) is 9.79. The number of carbonyl (C=O) groups excluding carboxylic acids is 1. The van der Waals surface area contributed by atoms with Crippen LogP contribution in [0.15, 0.2) is 66.7 Å². The zero-order valence-electron chi connectivity index (χ0n) is 10.7. The smallest absolute Gasteiger partial charge is 0.275 e. The number of benzene rings is 3. The van der Waals surface area contributed by atoms with Crippen LogP contribution in [0.5, 0.6) is 0 Å². The highest BCUT2D eigenvalue weighted by atomic mass is 16.5. The monoisotopic (exact) mass is 263 g/mol. The second kappa shape index (κ2) is 5.15. The van der Waals surface area contributed by atoms with Crippen molar-refractivity contribution in [2.75, 3.05) is 0 Å². The van der Waals surface area contributed by atoms with E-state index in [4.69, 9.17) is 5.21 Å². The normalized spacial score (nSPS) is 10.4. The standard InChI is InChI=1S/C17H13NO2/c19-17(18-20)16-8-4-3-7-15(16)14-10-9-12-5-1-2-6-13(12)11-14/h1-11,20H,(H,18,19). The molecule has 0 fully saturated rings. The number of hydrogen-bond donors (Lipinski definition) is 2. The van der Waals surface area contributed by atoms with Gasteiger partial charge >= 0.3 is 0 Å². The second-order valence-electron chi connectivity index (χ2n) is 4.55. The fourth-order valence-corrected chi connectivity index (χ4v) is 2.35. The largest absolute Gasteiger partial charge is 0.288 e. The lowest BCUT2D eigenvalue weighted by atomic mass is 9.97. The average molecular weight is 263 g/mol. The Morgan fingerprint density at radius 1 is 0.850 bits per heavy atom. The van der Waals surface area contributed by atoms with Crippen LogP contribution in [0.25, 0.3) is 21.9 Å². The van der Waals surface area contributed by atoms with Gasteiger partial charge in [0.05, 0.1) is 0 Å². The molecule has 3 aromatic carbocycles. The van der Waals surface area contributed by atoms with E-state index in [1.165, 1.54) is 0 Å². The van der Waals surface area contributed by atoms with Crippen LogP contribution in [0.4, 0.5) is 0 Å². The molecular weight excluding hydrogens is 250 g/mol. The van der Waals surface area contributed by atoms with Crippen molar-refractivity contribution in [1.82, 2.24) is 5.48 Å². The number of hydroxylamine groups is 1. The van der Waals surface area contributed by atoms with Gasteiger partial charge in [-0.15, -0.1) is 0 Å². The lowest BCUT2D eigenvalue weighted by Gasteiger charge is -2.09. The molecule has 98 valence electrons. The van der Waals surface area contributed by atoms with Gasteiger partial charge in [0.25, 0.3) is 5.91 Å².